The van der Waals surface area contributed by atoms with Crippen molar-refractivity contribution >= 4 is 32.7 Å². The Hall–Kier alpha value is -3.53. The highest BCUT2D eigenvalue weighted by molar-refractivity contribution is 6.16. The number of rotatable bonds is 2. The van der Waals surface area contributed by atoms with Gasteiger partial charge in [0.15, 0.2) is 0 Å². The molecule has 0 saturated heterocycles. The van der Waals surface area contributed by atoms with Gasteiger partial charge in [0.1, 0.15) is 5.75 Å². The Morgan fingerprint density at radius 1 is 0.741 bits per heavy atom. The molecule has 0 unspecified atom stereocenters. The standard InChI is InChI=1S/C23H18N2O2/c1-24-20-10-6-5-9-19(20)22-21(24)17-7-3-4-8-18(17)23(26)25(22)15-11-13-16(27-2)14-12-15/h3-14H,1-2H3. The van der Waals surface area contributed by atoms with Crippen LogP contribution < -0.4 is 10.3 Å². The van der Waals surface area contributed by atoms with Crippen LogP contribution in [0.25, 0.3) is 38.4 Å². The van der Waals surface area contributed by atoms with E-state index in [0.717, 1.165) is 38.8 Å². The SMILES string of the molecule is COc1ccc(-n2c(=O)c3ccccc3c3c2c2ccccc2n3C)cc1. The number of nitrogens with zero attached hydrogens (tertiary/aromatic N) is 2. The van der Waals surface area contributed by atoms with Gasteiger partial charge in [0.2, 0.25) is 0 Å². The van der Waals surface area contributed by atoms with E-state index in [-0.39, 0.29) is 5.56 Å². The zero-order chi connectivity index (χ0) is 18.5. The topological polar surface area (TPSA) is 36.2 Å². The summed E-state index contributed by atoms with van der Waals surface area (Å²) in [6, 6.07) is 23.6. The maximum absolute atomic E-state index is 13.5. The highest BCUT2D eigenvalue weighted by Crippen LogP contribution is 2.33. The van der Waals surface area contributed by atoms with Crippen molar-refractivity contribution in [2.75, 3.05) is 7.11 Å². The minimum atomic E-state index is -0.0142. The van der Waals surface area contributed by atoms with Gasteiger partial charge in [0.25, 0.3) is 5.56 Å². The van der Waals surface area contributed by atoms with Crippen molar-refractivity contribution in [1.82, 2.24) is 9.13 Å². The number of aryl methyl sites for hydroxylation is 1. The fraction of sp³-hybridized carbons (Fsp3) is 0.0870. The minimum Gasteiger partial charge on any atom is -0.497 e. The number of methoxy groups -OCH3 is 1. The monoisotopic (exact) mass is 354 g/mol. The van der Waals surface area contributed by atoms with Gasteiger partial charge < -0.3 is 9.30 Å². The maximum atomic E-state index is 13.5. The number of benzene rings is 3. The molecule has 0 N–H and O–H groups in total. The predicted octanol–water partition coefficient (Wildman–Crippen LogP) is 4.64. The van der Waals surface area contributed by atoms with E-state index >= 15 is 0 Å². The van der Waals surface area contributed by atoms with E-state index in [9.17, 15) is 4.79 Å². The first-order valence-corrected chi connectivity index (χ1v) is 8.86. The van der Waals surface area contributed by atoms with Crippen LogP contribution >= 0.6 is 0 Å². The molecule has 0 aliphatic carbocycles. The average molecular weight is 354 g/mol. The lowest BCUT2D eigenvalue weighted by Crippen LogP contribution is -2.19. The highest BCUT2D eigenvalue weighted by Gasteiger charge is 2.18. The number of para-hydroxylation sites is 1. The van der Waals surface area contributed by atoms with Crippen LogP contribution in [0.15, 0.2) is 77.6 Å². The molecule has 0 atom stereocenters. The van der Waals surface area contributed by atoms with Gasteiger partial charge in [-0.3, -0.25) is 9.36 Å². The van der Waals surface area contributed by atoms with E-state index in [1.807, 2.05) is 65.2 Å². The predicted molar refractivity (Wildman–Crippen MR) is 110 cm³/mol. The van der Waals surface area contributed by atoms with Crippen molar-refractivity contribution in [2.45, 2.75) is 0 Å². The highest BCUT2D eigenvalue weighted by atomic mass is 16.5. The third kappa shape index (κ3) is 2.13. The molecule has 132 valence electrons. The molecule has 0 amide bonds. The zero-order valence-corrected chi connectivity index (χ0v) is 15.1. The molecule has 0 spiro atoms. The van der Waals surface area contributed by atoms with E-state index < -0.39 is 0 Å². The van der Waals surface area contributed by atoms with Crippen LogP contribution in [0.2, 0.25) is 0 Å². The first-order chi connectivity index (χ1) is 13.2. The van der Waals surface area contributed by atoms with Crippen molar-refractivity contribution < 1.29 is 4.74 Å². The molecule has 27 heavy (non-hydrogen) atoms. The number of pyridine rings is 1. The summed E-state index contributed by atoms with van der Waals surface area (Å²) in [5.41, 5.74) is 3.90. The molecule has 0 radical (unpaired) electrons. The summed E-state index contributed by atoms with van der Waals surface area (Å²) in [5, 5.41) is 2.75. The van der Waals surface area contributed by atoms with E-state index in [2.05, 4.69) is 23.7 Å². The van der Waals surface area contributed by atoms with Crippen molar-refractivity contribution in [1.29, 1.82) is 0 Å². The van der Waals surface area contributed by atoms with Crippen molar-refractivity contribution in [2.24, 2.45) is 7.05 Å². The van der Waals surface area contributed by atoms with Gasteiger partial charge >= 0.3 is 0 Å². The smallest absolute Gasteiger partial charge is 0.263 e. The van der Waals surface area contributed by atoms with Crippen LogP contribution in [0.1, 0.15) is 0 Å². The second-order valence-corrected chi connectivity index (χ2v) is 6.66. The largest absolute Gasteiger partial charge is 0.497 e. The van der Waals surface area contributed by atoms with Gasteiger partial charge in [-0.25, -0.2) is 0 Å². The minimum absolute atomic E-state index is 0.0142. The van der Waals surface area contributed by atoms with Crippen molar-refractivity contribution in [3.8, 4) is 11.4 Å². The molecule has 0 fully saturated rings. The van der Waals surface area contributed by atoms with Crippen LogP contribution in [-0.2, 0) is 7.05 Å². The second kappa shape index (κ2) is 5.74. The molecule has 0 saturated carbocycles. The van der Waals surface area contributed by atoms with Gasteiger partial charge in [-0.2, -0.15) is 0 Å². The Kier molecular flexibility index (Phi) is 3.34. The zero-order valence-electron chi connectivity index (χ0n) is 15.1. The number of fused-ring (bicyclic) bond motifs is 5. The Balaban J connectivity index is 2.06. The van der Waals surface area contributed by atoms with Crippen molar-refractivity contribution in [3.05, 3.63) is 83.2 Å². The molecule has 0 aliphatic rings. The number of ether oxygens (including phenoxy) is 1. The van der Waals surface area contributed by atoms with Gasteiger partial charge in [-0.15, -0.1) is 0 Å². The van der Waals surface area contributed by atoms with E-state index in [1.165, 1.54) is 0 Å². The molecular formula is C23H18N2O2. The van der Waals surface area contributed by atoms with Crippen LogP contribution in [0.4, 0.5) is 0 Å². The second-order valence-electron chi connectivity index (χ2n) is 6.66. The molecule has 0 aliphatic heterocycles. The summed E-state index contributed by atoms with van der Waals surface area (Å²) in [5.74, 6) is 0.766. The van der Waals surface area contributed by atoms with Gasteiger partial charge in [0, 0.05) is 28.9 Å². The first kappa shape index (κ1) is 15.7. The molecular weight excluding hydrogens is 336 g/mol. The molecule has 5 aromatic rings. The van der Waals surface area contributed by atoms with E-state index in [0.29, 0.717) is 5.39 Å². The lowest BCUT2D eigenvalue weighted by Gasteiger charge is -2.12. The van der Waals surface area contributed by atoms with Crippen LogP contribution in [0.3, 0.4) is 0 Å². The molecule has 2 aromatic heterocycles. The van der Waals surface area contributed by atoms with Crippen molar-refractivity contribution in [3.63, 3.8) is 0 Å². The molecule has 0 bridgehead atoms. The summed E-state index contributed by atoms with van der Waals surface area (Å²) in [6.07, 6.45) is 0. The molecule has 4 nitrogen and oxygen atoms in total. The Morgan fingerprint density at radius 3 is 2.07 bits per heavy atom. The lowest BCUT2D eigenvalue weighted by atomic mass is 10.1. The first-order valence-electron chi connectivity index (χ1n) is 8.86. The van der Waals surface area contributed by atoms with E-state index in [1.54, 1.807) is 7.11 Å². The average Bonchev–Trinajstić information content (AvgIpc) is 3.02. The van der Waals surface area contributed by atoms with Gasteiger partial charge in [0.05, 0.1) is 23.7 Å². The normalized spacial score (nSPS) is 11.5. The maximum Gasteiger partial charge on any atom is 0.263 e. The third-order valence-electron chi connectivity index (χ3n) is 5.25. The summed E-state index contributed by atoms with van der Waals surface area (Å²) >= 11 is 0. The Bertz CT molecular complexity index is 1380. The van der Waals surface area contributed by atoms with Gasteiger partial charge in [-0.1, -0.05) is 36.4 Å². The summed E-state index contributed by atoms with van der Waals surface area (Å²) in [7, 11) is 3.69. The molecule has 2 heterocycles. The third-order valence-corrected chi connectivity index (χ3v) is 5.25. The quantitative estimate of drug-likeness (QED) is 0.463. The summed E-state index contributed by atoms with van der Waals surface area (Å²) in [4.78, 5) is 13.5. The number of aromatic nitrogens is 2. The van der Waals surface area contributed by atoms with Gasteiger partial charge in [-0.05, 0) is 36.4 Å². The number of hydrogen-bond donors (Lipinski definition) is 0. The fourth-order valence-corrected chi connectivity index (χ4v) is 3.98. The Morgan fingerprint density at radius 2 is 1.37 bits per heavy atom. The Labute approximate surface area is 155 Å². The van der Waals surface area contributed by atoms with Crippen LogP contribution in [0.5, 0.6) is 5.75 Å². The van der Waals surface area contributed by atoms with Crippen LogP contribution in [-0.4, -0.2) is 16.2 Å². The molecule has 3 aromatic carbocycles. The van der Waals surface area contributed by atoms with E-state index in [4.69, 9.17) is 4.74 Å². The lowest BCUT2D eigenvalue weighted by molar-refractivity contribution is 0.415. The molecule has 4 heteroatoms. The molecule has 5 rings (SSSR count). The fourth-order valence-electron chi connectivity index (χ4n) is 3.98. The summed E-state index contributed by atoms with van der Waals surface area (Å²) < 4.78 is 9.27. The number of hydrogen-bond acceptors (Lipinski definition) is 2. The summed E-state index contributed by atoms with van der Waals surface area (Å²) in [6.45, 7) is 0. The van der Waals surface area contributed by atoms with Crippen LogP contribution in [0, 0.1) is 0 Å².